The number of nitrogens with one attached hydrogen (secondary N) is 1. The van der Waals surface area contributed by atoms with E-state index in [0.29, 0.717) is 11.5 Å². The number of nitriles is 1. The van der Waals surface area contributed by atoms with E-state index in [2.05, 4.69) is 11.4 Å². The van der Waals surface area contributed by atoms with Crippen molar-refractivity contribution in [3.63, 3.8) is 0 Å². The molecule has 0 radical (unpaired) electrons. The standard InChI is InChI=1S/C14H16N2O/c1-9-3-6-12(10(2)7-9)14(17)16-13(8-15)11-4-5-11/h3,6-7,11,13H,4-5H2,1-2H3,(H,16,17). The zero-order chi connectivity index (χ0) is 12.4. The van der Waals surface area contributed by atoms with Crippen molar-refractivity contribution in [3.8, 4) is 6.07 Å². The van der Waals surface area contributed by atoms with E-state index in [1.165, 1.54) is 0 Å². The van der Waals surface area contributed by atoms with Crippen molar-refractivity contribution in [2.45, 2.75) is 32.7 Å². The summed E-state index contributed by atoms with van der Waals surface area (Å²) in [4.78, 5) is 12.0. The number of benzene rings is 1. The maximum atomic E-state index is 12.0. The van der Waals surface area contributed by atoms with E-state index in [1.807, 2.05) is 32.0 Å². The molecule has 0 aliphatic heterocycles. The number of aryl methyl sites for hydroxylation is 2. The molecule has 88 valence electrons. The maximum Gasteiger partial charge on any atom is 0.252 e. The average Bonchev–Trinajstić information content (AvgIpc) is 3.09. The molecule has 1 N–H and O–H groups in total. The Morgan fingerprint density at radius 2 is 2.18 bits per heavy atom. The molecule has 0 bridgehead atoms. The van der Waals surface area contributed by atoms with Crippen LogP contribution in [0.3, 0.4) is 0 Å². The number of hydrogen-bond donors (Lipinski definition) is 1. The number of hydrogen-bond acceptors (Lipinski definition) is 2. The molecule has 17 heavy (non-hydrogen) atoms. The van der Waals surface area contributed by atoms with Gasteiger partial charge in [0.05, 0.1) is 6.07 Å². The lowest BCUT2D eigenvalue weighted by atomic mass is 10.0. The van der Waals surface area contributed by atoms with Gasteiger partial charge in [0.1, 0.15) is 6.04 Å². The number of rotatable bonds is 3. The van der Waals surface area contributed by atoms with Gasteiger partial charge in [-0.2, -0.15) is 5.26 Å². The van der Waals surface area contributed by atoms with Gasteiger partial charge in [0.2, 0.25) is 0 Å². The Kier molecular flexibility index (Phi) is 3.14. The first-order chi connectivity index (χ1) is 8.11. The number of carbonyl (C=O) groups is 1. The summed E-state index contributed by atoms with van der Waals surface area (Å²) in [7, 11) is 0. The van der Waals surface area contributed by atoms with Crippen LogP contribution in [0.2, 0.25) is 0 Å². The molecule has 1 aliphatic carbocycles. The third-order valence-electron chi connectivity index (χ3n) is 3.15. The summed E-state index contributed by atoms with van der Waals surface area (Å²) >= 11 is 0. The first kappa shape index (κ1) is 11.7. The lowest BCUT2D eigenvalue weighted by Gasteiger charge is -2.12. The average molecular weight is 228 g/mol. The van der Waals surface area contributed by atoms with Crippen LogP contribution in [0.5, 0.6) is 0 Å². The Balaban J connectivity index is 2.11. The Hall–Kier alpha value is -1.82. The van der Waals surface area contributed by atoms with Crippen molar-refractivity contribution in [1.82, 2.24) is 5.32 Å². The van der Waals surface area contributed by atoms with Crippen LogP contribution >= 0.6 is 0 Å². The lowest BCUT2D eigenvalue weighted by molar-refractivity contribution is 0.0941. The minimum atomic E-state index is -0.330. The van der Waals surface area contributed by atoms with Crippen LogP contribution in [0, 0.1) is 31.1 Å². The molecule has 1 saturated carbocycles. The van der Waals surface area contributed by atoms with E-state index < -0.39 is 0 Å². The fraction of sp³-hybridized carbons (Fsp3) is 0.429. The summed E-state index contributed by atoms with van der Waals surface area (Å²) in [6.07, 6.45) is 2.09. The van der Waals surface area contributed by atoms with Crippen molar-refractivity contribution in [3.05, 3.63) is 34.9 Å². The number of nitrogens with zero attached hydrogens (tertiary/aromatic N) is 1. The van der Waals surface area contributed by atoms with Gasteiger partial charge in [-0.1, -0.05) is 17.7 Å². The predicted octanol–water partition coefficient (Wildman–Crippen LogP) is 2.34. The van der Waals surface area contributed by atoms with Crippen LogP contribution in [0.1, 0.15) is 34.3 Å². The molecule has 3 nitrogen and oxygen atoms in total. The minimum Gasteiger partial charge on any atom is -0.336 e. The lowest BCUT2D eigenvalue weighted by Crippen LogP contribution is -2.35. The van der Waals surface area contributed by atoms with Gasteiger partial charge < -0.3 is 5.32 Å². The Labute approximate surface area is 101 Å². The van der Waals surface area contributed by atoms with Crippen LogP contribution in [-0.4, -0.2) is 11.9 Å². The van der Waals surface area contributed by atoms with Gasteiger partial charge in [-0.3, -0.25) is 4.79 Å². The first-order valence-corrected chi connectivity index (χ1v) is 5.89. The molecule has 1 aromatic rings. The predicted molar refractivity (Wildman–Crippen MR) is 65.5 cm³/mol. The largest absolute Gasteiger partial charge is 0.336 e. The van der Waals surface area contributed by atoms with E-state index in [4.69, 9.17) is 5.26 Å². The molecule has 0 heterocycles. The molecule has 2 rings (SSSR count). The quantitative estimate of drug-likeness (QED) is 0.863. The van der Waals surface area contributed by atoms with E-state index >= 15 is 0 Å². The van der Waals surface area contributed by atoms with Crippen LogP contribution in [0.25, 0.3) is 0 Å². The summed E-state index contributed by atoms with van der Waals surface area (Å²) in [5.41, 5.74) is 2.75. The van der Waals surface area contributed by atoms with E-state index in [0.717, 1.165) is 24.0 Å². The number of amides is 1. The molecule has 0 spiro atoms. The van der Waals surface area contributed by atoms with Gasteiger partial charge in [-0.25, -0.2) is 0 Å². The SMILES string of the molecule is Cc1ccc(C(=O)NC(C#N)C2CC2)c(C)c1. The molecule has 1 fully saturated rings. The van der Waals surface area contributed by atoms with Gasteiger partial charge in [-0.15, -0.1) is 0 Å². The van der Waals surface area contributed by atoms with Crippen molar-refractivity contribution < 1.29 is 4.79 Å². The summed E-state index contributed by atoms with van der Waals surface area (Å²) in [5, 5.41) is 11.8. The second kappa shape index (κ2) is 4.58. The second-order valence-corrected chi connectivity index (χ2v) is 4.74. The highest BCUT2D eigenvalue weighted by Crippen LogP contribution is 2.32. The van der Waals surface area contributed by atoms with E-state index in [-0.39, 0.29) is 11.9 Å². The van der Waals surface area contributed by atoms with E-state index in [9.17, 15) is 4.79 Å². The highest BCUT2D eigenvalue weighted by atomic mass is 16.1. The van der Waals surface area contributed by atoms with Crippen LogP contribution < -0.4 is 5.32 Å². The van der Waals surface area contributed by atoms with Gasteiger partial charge in [-0.05, 0) is 44.2 Å². The highest BCUT2D eigenvalue weighted by molar-refractivity contribution is 5.96. The Morgan fingerprint density at radius 3 is 2.71 bits per heavy atom. The van der Waals surface area contributed by atoms with Crippen LogP contribution in [-0.2, 0) is 0 Å². The topological polar surface area (TPSA) is 52.9 Å². The van der Waals surface area contributed by atoms with Gasteiger partial charge in [0.25, 0.3) is 5.91 Å². The molecule has 3 heteroatoms. The van der Waals surface area contributed by atoms with E-state index in [1.54, 1.807) is 0 Å². The zero-order valence-corrected chi connectivity index (χ0v) is 10.2. The molecule has 1 amide bonds. The first-order valence-electron chi connectivity index (χ1n) is 5.89. The fourth-order valence-electron chi connectivity index (χ4n) is 1.97. The molecule has 1 unspecified atom stereocenters. The molecule has 0 saturated heterocycles. The fourth-order valence-corrected chi connectivity index (χ4v) is 1.97. The number of carbonyl (C=O) groups excluding carboxylic acids is 1. The molecular formula is C14H16N2O. The Bertz CT molecular complexity index is 483. The zero-order valence-electron chi connectivity index (χ0n) is 10.2. The molecule has 1 aliphatic rings. The third-order valence-corrected chi connectivity index (χ3v) is 3.15. The minimum absolute atomic E-state index is 0.138. The van der Waals surface area contributed by atoms with Gasteiger partial charge in [0, 0.05) is 5.56 Å². The summed E-state index contributed by atoms with van der Waals surface area (Å²) in [5.74, 6) is 0.218. The second-order valence-electron chi connectivity index (χ2n) is 4.74. The van der Waals surface area contributed by atoms with Crippen molar-refractivity contribution in [2.24, 2.45) is 5.92 Å². The summed E-state index contributed by atoms with van der Waals surface area (Å²) in [6, 6.07) is 7.55. The van der Waals surface area contributed by atoms with Gasteiger partial charge >= 0.3 is 0 Å². The normalized spacial score (nSPS) is 16.1. The van der Waals surface area contributed by atoms with Gasteiger partial charge in [0.15, 0.2) is 0 Å². The summed E-state index contributed by atoms with van der Waals surface area (Å²) in [6.45, 7) is 3.91. The Morgan fingerprint density at radius 1 is 1.47 bits per heavy atom. The monoisotopic (exact) mass is 228 g/mol. The van der Waals surface area contributed by atoms with Crippen molar-refractivity contribution in [1.29, 1.82) is 5.26 Å². The summed E-state index contributed by atoms with van der Waals surface area (Å²) < 4.78 is 0. The molecule has 1 aromatic carbocycles. The smallest absolute Gasteiger partial charge is 0.252 e. The molecule has 0 aromatic heterocycles. The third kappa shape index (κ3) is 2.65. The maximum absolute atomic E-state index is 12.0. The van der Waals surface area contributed by atoms with Crippen molar-refractivity contribution >= 4 is 5.91 Å². The highest BCUT2D eigenvalue weighted by Gasteiger charge is 2.32. The molecule has 1 atom stereocenters. The van der Waals surface area contributed by atoms with Crippen LogP contribution in [0.4, 0.5) is 0 Å². The van der Waals surface area contributed by atoms with Crippen LogP contribution in [0.15, 0.2) is 18.2 Å². The van der Waals surface area contributed by atoms with Crippen molar-refractivity contribution in [2.75, 3.05) is 0 Å². The molecular weight excluding hydrogens is 212 g/mol.